The van der Waals surface area contributed by atoms with Gasteiger partial charge in [0.2, 0.25) is 0 Å². The second-order valence-corrected chi connectivity index (χ2v) is 5.97. The van der Waals surface area contributed by atoms with Crippen LogP contribution in [0.2, 0.25) is 5.02 Å². The van der Waals surface area contributed by atoms with E-state index in [2.05, 4.69) is 36.4 Å². The molecule has 0 heterocycles. The van der Waals surface area contributed by atoms with E-state index in [0.717, 1.165) is 35.4 Å². The molecular weight excluding hydrogens is 254 g/mol. The van der Waals surface area contributed by atoms with Crippen LogP contribution in [0, 0.1) is 6.92 Å². The van der Waals surface area contributed by atoms with E-state index < -0.39 is 0 Å². The predicted octanol–water partition coefficient (Wildman–Crippen LogP) is 3.99. The Bertz CT molecular complexity index is 620. The summed E-state index contributed by atoms with van der Waals surface area (Å²) in [6.07, 6.45) is 2.91. The molecule has 0 saturated carbocycles. The number of aryl methyl sites for hydroxylation is 2. The smallest absolute Gasteiger partial charge is 0.0454 e. The molecule has 2 heteroatoms. The van der Waals surface area contributed by atoms with Crippen LogP contribution in [-0.4, -0.2) is 0 Å². The van der Waals surface area contributed by atoms with Crippen LogP contribution in [0.4, 0.5) is 0 Å². The van der Waals surface area contributed by atoms with Gasteiger partial charge in [-0.25, -0.2) is 0 Å². The Labute approximate surface area is 119 Å². The first-order chi connectivity index (χ1) is 9.08. The molecule has 0 fully saturated rings. The van der Waals surface area contributed by atoms with Gasteiger partial charge in [0.05, 0.1) is 0 Å². The van der Waals surface area contributed by atoms with Crippen molar-refractivity contribution in [1.29, 1.82) is 0 Å². The predicted molar refractivity (Wildman–Crippen MR) is 80.5 cm³/mol. The van der Waals surface area contributed by atoms with Crippen LogP contribution in [0.5, 0.6) is 0 Å². The van der Waals surface area contributed by atoms with Gasteiger partial charge in [0.1, 0.15) is 0 Å². The maximum atomic E-state index is 6.66. The third-order valence-corrected chi connectivity index (χ3v) is 4.62. The molecule has 0 spiro atoms. The fraction of sp³-hybridized carbons (Fsp3) is 0.294. The van der Waals surface area contributed by atoms with Crippen molar-refractivity contribution in [2.24, 2.45) is 5.73 Å². The summed E-state index contributed by atoms with van der Waals surface area (Å²) in [4.78, 5) is 0. The number of benzene rings is 2. The van der Waals surface area contributed by atoms with E-state index in [1.165, 1.54) is 11.1 Å². The number of halogens is 1. The van der Waals surface area contributed by atoms with Crippen molar-refractivity contribution in [3.63, 3.8) is 0 Å². The topological polar surface area (TPSA) is 26.0 Å². The van der Waals surface area contributed by atoms with E-state index in [4.69, 9.17) is 17.3 Å². The third-order valence-electron chi connectivity index (χ3n) is 4.21. The zero-order valence-electron chi connectivity index (χ0n) is 11.1. The zero-order chi connectivity index (χ0) is 13.5. The molecule has 1 unspecified atom stereocenters. The Morgan fingerprint density at radius 3 is 2.58 bits per heavy atom. The van der Waals surface area contributed by atoms with E-state index >= 15 is 0 Å². The van der Waals surface area contributed by atoms with Crippen molar-refractivity contribution in [1.82, 2.24) is 0 Å². The van der Waals surface area contributed by atoms with Crippen LogP contribution in [0.15, 0.2) is 42.5 Å². The van der Waals surface area contributed by atoms with Gasteiger partial charge in [-0.05, 0) is 54.5 Å². The molecule has 0 bridgehead atoms. The molecule has 1 nitrogen and oxygen atoms in total. The fourth-order valence-electron chi connectivity index (χ4n) is 2.91. The van der Waals surface area contributed by atoms with Gasteiger partial charge in [0.15, 0.2) is 0 Å². The first kappa shape index (κ1) is 12.7. The van der Waals surface area contributed by atoms with Crippen LogP contribution in [0.3, 0.4) is 0 Å². The summed E-state index contributed by atoms with van der Waals surface area (Å²) in [6, 6.07) is 14.8. The second kappa shape index (κ2) is 4.66. The van der Waals surface area contributed by atoms with Crippen LogP contribution < -0.4 is 5.73 Å². The van der Waals surface area contributed by atoms with Crippen LogP contribution in [0.25, 0.3) is 0 Å². The van der Waals surface area contributed by atoms with Crippen molar-refractivity contribution in [2.75, 3.05) is 0 Å². The maximum Gasteiger partial charge on any atom is 0.0454 e. The standard InChI is InChI=1S/C17H18ClN/c1-12-6-7-15(10-16(12)18)17(19)9-8-13-4-2-3-5-14(13)11-17/h2-7,10H,8-9,11,19H2,1H3. The van der Waals surface area contributed by atoms with Gasteiger partial charge in [0, 0.05) is 10.6 Å². The Morgan fingerprint density at radius 1 is 1.11 bits per heavy atom. The monoisotopic (exact) mass is 271 g/mol. The Hall–Kier alpha value is -1.31. The lowest BCUT2D eigenvalue weighted by Gasteiger charge is -2.35. The SMILES string of the molecule is Cc1ccc(C2(N)CCc3ccccc3C2)cc1Cl. The lowest BCUT2D eigenvalue weighted by molar-refractivity contribution is 0.385. The Morgan fingerprint density at radius 2 is 1.84 bits per heavy atom. The molecule has 0 amide bonds. The molecule has 2 aromatic rings. The van der Waals surface area contributed by atoms with Gasteiger partial charge >= 0.3 is 0 Å². The molecule has 1 aliphatic rings. The quantitative estimate of drug-likeness (QED) is 0.834. The highest BCUT2D eigenvalue weighted by Crippen LogP contribution is 2.35. The molecular formula is C17H18ClN. The highest BCUT2D eigenvalue weighted by atomic mass is 35.5. The molecule has 0 radical (unpaired) electrons. The van der Waals surface area contributed by atoms with Gasteiger partial charge in [-0.15, -0.1) is 0 Å². The van der Waals surface area contributed by atoms with E-state index in [1.54, 1.807) is 0 Å². The average Bonchev–Trinajstić information content (AvgIpc) is 2.41. The number of hydrogen-bond donors (Lipinski definition) is 1. The van der Waals surface area contributed by atoms with E-state index in [0.29, 0.717) is 0 Å². The fourth-order valence-corrected chi connectivity index (χ4v) is 3.09. The molecule has 19 heavy (non-hydrogen) atoms. The van der Waals surface area contributed by atoms with Crippen molar-refractivity contribution < 1.29 is 0 Å². The lowest BCUT2D eigenvalue weighted by Crippen LogP contribution is -2.42. The van der Waals surface area contributed by atoms with Crippen LogP contribution in [-0.2, 0) is 18.4 Å². The summed E-state index contributed by atoms with van der Waals surface area (Å²) >= 11 is 6.24. The first-order valence-electron chi connectivity index (χ1n) is 6.71. The summed E-state index contributed by atoms with van der Waals surface area (Å²) in [7, 11) is 0. The van der Waals surface area contributed by atoms with Gasteiger partial charge in [-0.2, -0.15) is 0 Å². The highest BCUT2D eigenvalue weighted by molar-refractivity contribution is 6.31. The van der Waals surface area contributed by atoms with Gasteiger partial charge in [-0.1, -0.05) is 48.0 Å². The van der Waals surface area contributed by atoms with E-state index in [-0.39, 0.29) is 5.54 Å². The van der Waals surface area contributed by atoms with E-state index in [9.17, 15) is 0 Å². The largest absolute Gasteiger partial charge is 0.321 e. The summed E-state index contributed by atoms with van der Waals surface area (Å²) in [5, 5.41) is 0.807. The van der Waals surface area contributed by atoms with Crippen LogP contribution >= 0.6 is 11.6 Å². The summed E-state index contributed by atoms with van der Waals surface area (Å²) in [5.41, 5.74) is 11.4. The second-order valence-electron chi connectivity index (χ2n) is 5.57. The van der Waals surface area contributed by atoms with Gasteiger partial charge < -0.3 is 5.73 Å². The van der Waals surface area contributed by atoms with Crippen molar-refractivity contribution in [3.8, 4) is 0 Å². The number of hydrogen-bond acceptors (Lipinski definition) is 1. The van der Waals surface area contributed by atoms with E-state index in [1.807, 2.05) is 13.0 Å². The van der Waals surface area contributed by atoms with Gasteiger partial charge in [0.25, 0.3) is 0 Å². The molecule has 1 atom stereocenters. The maximum absolute atomic E-state index is 6.66. The number of rotatable bonds is 1. The summed E-state index contributed by atoms with van der Waals surface area (Å²) in [5.74, 6) is 0. The Balaban J connectivity index is 1.99. The van der Waals surface area contributed by atoms with Crippen LogP contribution in [0.1, 0.15) is 28.7 Å². The summed E-state index contributed by atoms with van der Waals surface area (Å²) < 4.78 is 0. The molecule has 2 N–H and O–H groups in total. The van der Waals surface area contributed by atoms with Crippen molar-refractivity contribution in [3.05, 3.63) is 69.7 Å². The number of nitrogens with two attached hydrogens (primary N) is 1. The Kier molecular flexibility index (Phi) is 3.12. The zero-order valence-corrected chi connectivity index (χ0v) is 11.9. The molecule has 0 saturated heterocycles. The lowest BCUT2D eigenvalue weighted by atomic mass is 9.74. The molecule has 0 aliphatic heterocycles. The molecule has 3 rings (SSSR count). The minimum Gasteiger partial charge on any atom is -0.321 e. The number of fused-ring (bicyclic) bond motifs is 1. The van der Waals surface area contributed by atoms with Gasteiger partial charge in [-0.3, -0.25) is 0 Å². The minimum absolute atomic E-state index is 0.286. The first-order valence-corrected chi connectivity index (χ1v) is 7.09. The molecule has 0 aromatic heterocycles. The third kappa shape index (κ3) is 2.29. The summed E-state index contributed by atoms with van der Waals surface area (Å²) in [6.45, 7) is 2.02. The normalized spacial score (nSPS) is 22.1. The minimum atomic E-state index is -0.286. The molecule has 98 valence electrons. The van der Waals surface area contributed by atoms with Crippen molar-refractivity contribution >= 4 is 11.6 Å². The van der Waals surface area contributed by atoms with Crippen molar-refractivity contribution in [2.45, 2.75) is 31.7 Å². The molecule has 2 aromatic carbocycles. The highest BCUT2D eigenvalue weighted by Gasteiger charge is 2.32. The average molecular weight is 272 g/mol. The molecule has 1 aliphatic carbocycles.